The highest BCUT2D eigenvalue weighted by Gasteiger charge is 2.47. The van der Waals surface area contributed by atoms with Gasteiger partial charge in [-0.05, 0) is 41.1 Å². The summed E-state index contributed by atoms with van der Waals surface area (Å²) in [4.78, 5) is 2.96. The minimum atomic E-state index is -1.91. The van der Waals surface area contributed by atoms with Crippen molar-refractivity contribution in [1.29, 1.82) is 0 Å². The minimum Gasteiger partial charge on any atom is -0.546 e. The van der Waals surface area contributed by atoms with E-state index in [1.807, 2.05) is 0 Å². The zero-order valence-electron chi connectivity index (χ0n) is 14.6. The van der Waals surface area contributed by atoms with Gasteiger partial charge >= 0.3 is 0 Å². The van der Waals surface area contributed by atoms with Gasteiger partial charge in [0.05, 0.1) is 11.8 Å². The molecule has 1 aliphatic carbocycles. The minimum absolute atomic E-state index is 0.0422. The fourth-order valence-corrected chi connectivity index (χ4v) is 9.23. The highest BCUT2D eigenvalue weighted by molar-refractivity contribution is 6.77. The molecule has 2 atom stereocenters. The Morgan fingerprint density at radius 1 is 1.14 bits per heavy atom. The third-order valence-corrected chi connectivity index (χ3v) is 10.9. The van der Waals surface area contributed by atoms with Crippen LogP contribution in [0.2, 0.25) is 16.6 Å². The zero-order chi connectivity index (χ0) is 16.2. The lowest BCUT2D eigenvalue weighted by atomic mass is 9.93. The lowest BCUT2D eigenvalue weighted by molar-refractivity contribution is 0.291. The van der Waals surface area contributed by atoms with Gasteiger partial charge in [0.1, 0.15) is 0 Å². The van der Waals surface area contributed by atoms with Crippen molar-refractivity contribution in [3.05, 3.63) is 22.3 Å². The number of allylic oxidation sites excluding steroid dienone is 1. The van der Waals surface area contributed by atoms with Crippen molar-refractivity contribution in [2.45, 2.75) is 84.0 Å². The topological polar surface area (TPSA) is 58.0 Å². The largest absolute Gasteiger partial charge is 0.546 e. The van der Waals surface area contributed by atoms with E-state index in [0.717, 1.165) is 18.6 Å². The van der Waals surface area contributed by atoms with Gasteiger partial charge in [-0.25, -0.2) is 0 Å². The van der Waals surface area contributed by atoms with Crippen LogP contribution in [0.4, 0.5) is 0 Å². The Hall–Kier alpha value is -0.933. The Labute approximate surface area is 130 Å². The lowest BCUT2D eigenvalue weighted by Crippen LogP contribution is -2.48. The first-order valence-electron chi connectivity index (χ1n) is 8.20. The molecule has 0 aromatic heterocycles. The fourth-order valence-electron chi connectivity index (χ4n) is 3.85. The molecule has 0 heterocycles. The summed E-state index contributed by atoms with van der Waals surface area (Å²) in [5.41, 5.74) is 10.3. The predicted octanol–water partition coefficient (Wildman–Crippen LogP) is 6.17. The SMILES string of the molecule is CC(C)[Si](OC1=C[C@@H](N=[N+]=[N-])CC[C@H]1C)(C(C)C)C(C)C. The van der Waals surface area contributed by atoms with Gasteiger partial charge in [0.15, 0.2) is 0 Å². The van der Waals surface area contributed by atoms with E-state index in [1.54, 1.807) is 0 Å². The first-order valence-corrected chi connectivity index (χ1v) is 10.3. The highest BCUT2D eigenvalue weighted by Crippen LogP contribution is 2.45. The van der Waals surface area contributed by atoms with Crippen LogP contribution in [-0.4, -0.2) is 14.4 Å². The maximum absolute atomic E-state index is 8.66. The summed E-state index contributed by atoms with van der Waals surface area (Å²) in [5, 5.41) is 3.87. The molecule has 5 heteroatoms. The van der Waals surface area contributed by atoms with Crippen molar-refractivity contribution >= 4 is 8.32 Å². The van der Waals surface area contributed by atoms with Crippen LogP contribution < -0.4 is 0 Å². The second-order valence-electron chi connectivity index (χ2n) is 7.24. The van der Waals surface area contributed by atoms with Crippen LogP contribution in [0, 0.1) is 5.92 Å². The molecule has 0 bridgehead atoms. The maximum Gasteiger partial charge on any atom is 0.258 e. The van der Waals surface area contributed by atoms with Crippen LogP contribution in [0.5, 0.6) is 0 Å². The normalized spacial score (nSPS) is 23.2. The monoisotopic (exact) mass is 309 g/mol. The molecule has 0 N–H and O–H groups in total. The van der Waals surface area contributed by atoms with Crippen LogP contribution in [0.15, 0.2) is 16.9 Å². The van der Waals surface area contributed by atoms with E-state index in [-0.39, 0.29) is 6.04 Å². The third kappa shape index (κ3) is 3.83. The lowest BCUT2D eigenvalue weighted by Gasteiger charge is -2.44. The number of hydrogen-bond acceptors (Lipinski definition) is 2. The van der Waals surface area contributed by atoms with Crippen LogP contribution >= 0.6 is 0 Å². The Balaban J connectivity index is 3.14. The standard InChI is InChI=1S/C16H31N3OSi/c1-11(2)21(12(3)4,13(5)6)20-16-10-15(18-19-17)9-8-14(16)7/h10-15H,8-9H2,1-7H3/t14-,15+/m1/s1. The second kappa shape index (κ2) is 7.37. The molecule has 0 saturated carbocycles. The molecule has 0 amide bonds. The number of rotatable bonds is 6. The van der Waals surface area contributed by atoms with E-state index in [2.05, 4.69) is 64.6 Å². The molecule has 0 spiro atoms. The molecule has 0 fully saturated rings. The van der Waals surface area contributed by atoms with E-state index in [1.165, 1.54) is 0 Å². The third-order valence-electron chi connectivity index (χ3n) is 4.94. The molecule has 21 heavy (non-hydrogen) atoms. The summed E-state index contributed by atoms with van der Waals surface area (Å²) in [6, 6.07) is -0.0422. The fraction of sp³-hybridized carbons (Fsp3) is 0.875. The van der Waals surface area contributed by atoms with E-state index >= 15 is 0 Å². The van der Waals surface area contributed by atoms with E-state index < -0.39 is 8.32 Å². The summed E-state index contributed by atoms with van der Waals surface area (Å²) >= 11 is 0. The molecular formula is C16H31N3OSi. The van der Waals surface area contributed by atoms with Crippen molar-refractivity contribution in [3.63, 3.8) is 0 Å². The first kappa shape index (κ1) is 18.1. The highest BCUT2D eigenvalue weighted by atomic mass is 28.4. The molecule has 120 valence electrons. The van der Waals surface area contributed by atoms with E-state index in [4.69, 9.17) is 9.96 Å². The molecule has 0 aliphatic heterocycles. The molecule has 1 aliphatic rings. The molecule has 0 saturated heterocycles. The second-order valence-corrected chi connectivity index (χ2v) is 12.6. The van der Waals surface area contributed by atoms with Crippen molar-refractivity contribution in [3.8, 4) is 0 Å². The Morgan fingerprint density at radius 2 is 1.67 bits per heavy atom. The van der Waals surface area contributed by atoms with Crippen molar-refractivity contribution in [2.75, 3.05) is 0 Å². The molecule has 0 aromatic carbocycles. The van der Waals surface area contributed by atoms with Crippen LogP contribution in [0.25, 0.3) is 10.4 Å². The van der Waals surface area contributed by atoms with Gasteiger partial charge in [-0.2, -0.15) is 0 Å². The quantitative estimate of drug-likeness (QED) is 0.250. The van der Waals surface area contributed by atoms with Gasteiger partial charge in [0, 0.05) is 10.8 Å². The first-order chi connectivity index (χ1) is 9.75. The molecule has 1 rings (SSSR count). The summed E-state index contributed by atoms with van der Waals surface area (Å²) < 4.78 is 6.77. The molecule has 0 radical (unpaired) electrons. The molecule has 0 unspecified atom stereocenters. The van der Waals surface area contributed by atoms with Gasteiger partial charge in [0.25, 0.3) is 8.32 Å². The van der Waals surface area contributed by atoms with Crippen LogP contribution in [0.1, 0.15) is 61.3 Å². The van der Waals surface area contributed by atoms with Gasteiger partial charge in [-0.1, -0.05) is 53.6 Å². The molecule has 0 aromatic rings. The van der Waals surface area contributed by atoms with Gasteiger partial charge in [-0.15, -0.1) is 0 Å². The zero-order valence-corrected chi connectivity index (χ0v) is 15.6. The smallest absolute Gasteiger partial charge is 0.258 e. The van der Waals surface area contributed by atoms with Gasteiger partial charge in [-0.3, -0.25) is 0 Å². The summed E-state index contributed by atoms with van der Waals surface area (Å²) in [5.74, 6) is 1.50. The summed E-state index contributed by atoms with van der Waals surface area (Å²) in [7, 11) is -1.91. The summed E-state index contributed by atoms with van der Waals surface area (Å²) in [6.07, 6.45) is 4.04. The van der Waals surface area contributed by atoms with E-state index in [0.29, 0.717) is 22.5 Å². The van der Waals surface area contributed by atoms with Crippen molar-refractivity contribution in [1.82, 2.24) is 0 Å². The Kier molecular flexibility index (Phi) is 6.35. The Bertz CT molecular complexity index is 403. The average Bonchev–Trinajstić information content (AvgIpc) is 2.38. The number of azide groups is 1. The summed E-state index contributed by atoms with van der Waals surface area (Å²) in [6.45, 7) is 16.0. The van der Waals surface area contributed by atoms with Gasteiger partial charge in [0.2, 0.25) is 0 Å². The predicted molar refractivity (Wildman–Crippen MR) is 91.5 cm³/mol. The maximum atomic E-state index is 8.66. The molecule has 4 nitrogen and oxygen atoms in total. The van der Waals surface area contributed by atoms with E-state index in [9.17, 15) is 0 Å². The molecular weight excluding hydrogens is 278 g/mol. The van der Waals surface area contributed by atoms with Crippen molar-refractivity contribution in [2.24, 2.45) is 11.0 Å². The van der Waals surface area contributed by atoms with Crippen LogP contribution in [-0.2, 0) is 4.43 Å². The number of hydrogen-bond donors (Lipinski definition) is 0. The van der Waals surface area contributed by atoms with Crippen LogP contribution in [0.3, 0.4) is 0 Å². The number of nitrogens with zero attached hydrogens (tertiary/aromatic N) is 3. The Morgan fingerprint density at radius 3 is 2.10 bits per heavy atom. The van der Waals surface area contributed by atoms with Crippen molar-refractivity contribution < 1.29 is 4.43 Å². The average molecular weight is 310 g/mol. The van der Waals surface area contributed by atoms with Gasteiger partial charge < -0.3 is 4.43 Å².